The van der Waals surface area contributed by atoms with Gasteiger partial charge in [0.1, 0.15) is 0 Å². The minimum Gasteiger partial charge on any atom is -0.306 e. The quantitative estimate of drug-likeness (QED) is 0.739. The summed E-state index contributed by atoms with van der Waals surface area (Å²) in [7, 11) is 0. The second kappa shape index (κ2) is 3.36. The molecule has 1 aromatic heterocycles. The molecule has 0 aliphatic heterocycles. The third-order valence-electron chi connectivity index (χ3n) is 2.36. The number of thiophene rings is 1. The fraction of sp³-hybridized carbons (Fsp3) is 0.556. The van der Waals surface area contributed by atoms with Crippen molar-refractivity contribution in [3.8, 4) is 0 Å². The second-order valence-electron chi connectivity index (χ2n) is 3.40. The van der Waals surface area contributed by atoms with Gasteiger partial charge in [-0.2, -0.15) is 11.3 Å². The van der Waals surface area contributed by atoms with Crippen LogP contribution in [0.5, 0.6) is 0 Å². The first-order valence-corrected chi connectivity index (χ1v) is 5.64. The first-order chi connectivity index (χ1) is 5.85. The Kier molecular flexibility index (Phi) is 2.40. The van der Waals surface area contributed by atoms with Crippen LogP contribution in [0.25, 0.3) is 0 Å². The number of hydrogen-bond acceptors (Lipinski definition) is 2. The zero-order valence-electron chi connectivity index (χ0n) is 6.85. The summed E-state index contributed by atoms with van der Waals surface area (Å²) in [5.74, 6) is 0.747. The van der Waals surface area contributed by atoms with E-state index in [1.165, 1.54) is 18.4 Å². The number of halogens is 1. The highest BCUT2D eigenvalue weighted by Crippen LogP contribution is 2.36. The fourth-order valence-electron chi connectivity index (χ4n) is 1.19. The predicted octanol–water partition coefficient (Wildman–Crippen LogP) is 2.61. The Balaban J connectivity index is 1.83. The number of alkyl halides is 1. The third kappa shape index (κ3) is 1.82. The van der Waals surface area contributed by atoms with E-state index in [2.05, 4.69) is 22.1 Å². The molecule has 1 aliphatic rings. The molecule has 2 rings (SSSR count). The Bertz CT molecular complexity index is 241. The molecule has 1 nitrogen and oxygen atoms in total. The average molecular weight is 202 g/mol. The molecule has 0 aromatic carbocycles. The van der Waals surface area contributed by atoms with Crippen LogP contribution in [0.2, 0.25) is 0 Å². The van der Waals surface area contributed by atoms with Gasteiger partial charge in [-0.05, 0) is 35.2 Å². The van der Waals surface area contributed by atoms with Crippen molar-refractivity contribution in [2.75, 3.05) is 5.88 Å². The molecule has 0 radical (unpaired) electrons. The molecule has 0 spiro atoms. The largest absolute Gasteiger partial charge is 0.306 e. The van der Waals surface area contributed by atoms with Crippen LogP contribution in [0, 0.1) is 0 Å². The molecule has 0 atom stereocenters. The maximum Gasteiger partial charge on any atom is 0.0406 e. The van der Waals surface area contributed by atoms with Crippen molar-refractivity contribution in [2.45, 2.75) is 24.9 Å². The van der Waals surface area contributed by atoms with Gasteiger partial charge >= 0.3 is 0 Å². The molecule has 1 saturated carbocycles. The molecule has 1 heterocycles. The van der Waals surface area contributed by atoms with Crippen molar-refractivity contribution in [1.29, 1.82) is 0 Å². The van der Waals surface area contributed by atoms with Gasteiger partial charge in [0, 0.05) is 18.0 Å². The van der Waals surface area contributed by atoms with Gasteiger partial charge in [0.25, 0.3) is 0 Å². The predicted molar refractivity (Wildman–Crippen MR) is 53.8 cm³/mol. The third-order valence-corrected chi connectivity index (χ3v) is 3.60. The molecule has 66 valence electrons. The number of nitrogens with one attached hydrogen (secondary N) is 1. The van der Waals surface area contributed by atoms with Gasteiger partial charge in [0.15, 0.2) is 0 Å². The van der Waals surface area contributed by atoms with Crippen molar-refractivity contribution >= 4 is 22.9 Å². The lowest BCUT2D eigenvalue weighted by Gasteiger charge is -2.12. The molecule has 1 N–H and O–H groups in total. The zero-order valence-corrected chi connectivity index (χ0v) is 8.42. The maximum absolute atomic E-state index is 5.84. The van der Waals surface area contributed by atoms with E-state index in [-0.39, 0.29) is 5.54 Å². The normalized spacial score (nSPS) is 19.4. The summed E-state index contributed by atoms with van der Waals surface area (Å²) in [6.45, 7) is 0.968. The van der Waals surface area contributed by atoms with Crippen LogP contribution in [0.15, 0.2) is 16.8 Å². The molecule has 0 unspecified atom stereocenters. The summed E-state index contributed by atoms with van der Waals surface area (Å²) >= 11 is 7.58. The van der Waals surface area contributed by atoms with Crippen LogP contribution in [-0.2, 0) is 6.54 Å². The van der Waals surface area contributed by atoms with E-state index in [9.17, 15) is 0 Å². The lowest BCUT2D eigenvalue weighted by Crippen LogP contribution is -2.32. The van der Waals surface area contributed by atoms with Crippen LogP contribution in [0.3, 0.4) is 0 Å². The van der Waals surface area contributed by atoms with Crippen LogP contribution >= 0.6 is 22.9 Å². The van der Waals surface area contributed by atoms with Crippen molar-refractivity contribution in [3.05, 3.63) is 22.4 Å². The molecular formula is C9H12ClNS. The molecule has 3 heteroatoms. The van der Waals surface area contributed by atoms with E-state index in [0.717, 1.165) is 12.4 Å². The minimum absolute atomic E-state index is 0.281. The van der Waals surface area contributed by atoms with E-state index in [0.29, 0.717) is 0 Å². The Morgan fingerprint density at radius 1 is 1.58 bits per heavy atom. The summed E-state index contributed by atoms with van der Waals surface area (Å²) in [6, 6.07) is 2.15. The van der Waals surface area contributed by atoms with Gasteiger partial charge in [0.2, 0.25) is 0 Å². The van der Waals surface area contributed by atoms with E-state index >= 15 is 0 Å². The Morgan fingerprint density at radius 2 is 2.42 bits per heavy atom. The van der Waals surface area contributed by atoms with Crippen LogP contribution < -0.4 is 5.32 Å². The highest BCUT2D eigenvalue weighted by atomic mass is 35.5. The molecule has 0 amide bonds. The Morgan fingerprint density at radius 3 is 2.92 bits per heavy atom. The lowest BCUT2D eigenvalue weighted by molar-refractivity contribution is 0.543. The second-order valence-corrected chi connectivity index (χ2v) is 4.45. The van der Waals surface area contributed by atoms with E-state index < -0.39 is 0 Å². The summed E-state index contributed by atoms with van der Waals surface area (Å²) in [4.78, 5) is 0. The van der Waals surface area contributed by atoms with Crippen LogP contribution in [-0.4, -0.2) is 11.4 Å². The highest BCUT2D eigenvalue weighted by Gasteiger charge is 2.40. The van der Waals surface area contributed by atoms with Gasteiger partial charge in [-0.15, -0.1) is 11.6 Å². The summed E-state index contributed by atoms with van der Waals surface area (Å²) < 4.78 is 0. The molecule has 12 heavy (non-hydrogen) atoms. The Labute approximate surface area is 81.7 Å². The summed E-state index contributed by atoms with van der Waals surface area (Å²) in [5.41, 5.74) is 1.65. The molecule has 1 fully saturated rings. The summed E-state index contributed by atoms with van der Waals surface area (Å²) in [6.07, 6.45) is 2.47. The van der Waals surface area contributed by atoms with Crippen molar-refractivity contribution in [3.63, 3.8) is 0 Å². The fourth-order valence-corrected chi connectivity index (χ4v) is 2.22. The highest BCUT2D eigenvalue weighted by molar-refractivity contribution is 7.07. The standard InChI is InChI=1S/C9H12ClNS/c10-7-9(2-3-9)11-5-8-1-4-12-6-8/h1,4,6,11H,2-3,5,7H2. The smallest absolute Gasteiger partial charge is 0.0406 e. The van der Waals surface area contributed by atoms with Gasteiger partial charge in [0.05, 0.1) is 0 Å². The average Bonchev–Trinajstić information content (AvgIpc) is 2.70. The van der Waals surface area contributed by atoms with E-state index in [4.69, 9.17) is 11.6 Å². The first-order valence-electron chi connectivity index (χ1n) is 4.17. The molecule has 1 aromatic rings. The minimum atomic E-state index is 0.281. The van der Waals surface area contributed by atoms with Gasteiger partial charge in [-0.1, -0.05) is 0 Å². The SMILES string of the molecule is ClCC1(NCc2ccsc2)CC1. The van der Waals surface area contributed by atoms with Crippen LogP contribution in [0.4, 0.5) is 0 Å². The van der Waals surface area contributed by atoms with Gasteiger partial charge in [-0.3, -0.25) is 0 Å². The van der Waals surface area contributed by atoms with Crippen LogP contribution in [0.1, 0.15) is 18.4 Å². The molecule has 1 aliphatic carbocycles. The maximum atomic E-state index is 5.84. The monoisotopic (exact) mass is 201 g/mol. The number of rotatable bonds is 4. The molecule has 0 saturated heterocycles. The first kappa shape index (κ1) is 8.54. The topological polar surface area (TPSA) is 12.0 Å². The summed E-state index contributed by atoms with van der Waals surface area (Å²) in [5, 5.41) is 7.78. The number of hydrogen-bond donors (Lipinski definition) is 1. The zero-order chi connectivity index (χ0) is 8.44. The van der Waals surface area contributed by atoms with E-state index in [1.54, 1.807) is 11.3 Å². The van der Waals surface area contributed by atoms with Gasteiger partial charge < -0.3 is 5.32 Å². The molecular weight excluding hydrogens is 190 g/mol. The van der Waals surface area contributed by atoms with Gasteiger partial charge in [-0.25, -0.2) is 0 Å². The van der Waals surface area contributed by atoms with E-state index in [1.807, 2.05) is 0 Å². The lowest BCUT2D eigenvalue weighted by atomic mass is 10.3. The van der Waals surface area contributed by atoms with Crippen molar-refractivity contribution in [1.82, 2.24) is 5.32 Å². The van der Waals surface area contributed by atoms with Crippen molar-refractivity contribution < 1.29 is 0 Å². The Hall–Kier alpha value is -0.0500. The molecule has 0 bridgehead atoms. The van der Waals surface area contributed by atoms with Crippen molar-refractivity contribution in [2.24, 2.45) is 0 Å².